The van der Waals surface area contributed by atoms with Crippen molar-refractivity contribution in [3.8, 4) is 0 Å². The smallest absolute Gasteiger partial charge is 0.284 e. The molecule has 1 aliphatic heterocycles. The Morgan fingerprint density at radius 1 is 1.03 bits per heavy atom. The third-order valence-corrected chi connectivity index (χ3v) is 4.16. The van der Waals surface area contributed by atoms with Gasteiger partial charge < -0.3 is 10.5 Å². The van der Waals surface area contributed by atoms with E-state index in [-0.39, 0.29) is 17.1 Å². The second kappa shape index (κ2) is 7.75. The van der Waals surface area contributed by atoms with E-state index in [9.17, 15) is 39.8 Å². The van der Waals surface area contributed by atoms with Gasteiger partial charge in [0.2, 0.25) is 5.91 Å². The van der Waals surface area contributed by atoms with E-state index in [2.05, 4.69) is 10.5 Å². The molecule has 0 radical (unpaired) electrons. The second-order valence-corrected chi connectivity index (χ2v) is 5.97. The van der Waals surface area contributed by atoms with E-state index in [0.717, 1.165) is 18.2 Å². The first-order valence-electron chi connectivity index (χ1n) is 8.14. The number of nitro benzene ring substituents is 2. The molecule has 1 saturated heterocycles. The SMILES string of the molecule is O=C(Nc1cccc([N+](=O)[O-])c1)[C@@H]1C(=O)N(c2cccc([N+](=O)[O-])c2)C(=O)/C1=N\O. The van der Waals surface area contributed by atoms with Gasteiger partial charge >= 0.3 is 0 Å². The van der Waals surface area contributed by atoms with Gasteiger partial charge in [0.05, 0.1) is 15.5 Å². The minimum Gasteiger partial charge on any atom is -0.410 e. The molecule has 2 N–H and O–H groups in total. The van der Waals surface area contributed by atoms with Crippen molar-refractivity contribution in [2.45, 2.75) is 0 Å². The maximum atomic E-state index is 12.7. The number of hydrogen-bond donors (Lipinski definition) is 2. The van der Waals surface area contributed by atoms with E-state index in [1.807, 2.05) is 0 Å². The van der Waals surface area contributed by atoms with Crippen molar-refractivity contribution in [2.75, 3.05) is 10.2 Å². The molecule has 1 atom stereocenters. The fourth-order valence-corrected chi connectivity index (χ4v) is 2.82. The van der Waals surface area contributed by atoms with Gasteiger partial charge in [0.15, 0.2) is 11.6 Å². The first-order valence-corrected chi connectivity index (χ1v) is 8.14. The van der Waals surface area contributed by atoms with Crippen LogP contribution in [0, 0.1) is 26.1 Å². The molecular formula is C17H11N5O8. The Hall–Kier alpha value is -4.68. The molecule has 13 nitrogen and oxygen atoms in total. The fourth-order valence-electron chi connectivity index (χ4n) is 2.82. The average molecular weight is 413 g/mol. The van der Waals surface area contributed by atoms with Crippen molar-refractivity contribution >= 4 is 46.2 Å². The molecule has 30 heavy (non-hydrogen) atoms. The molecule has 0 unspecified atom stereocenters. The van der Waals surface area contributed by atoms with Crippen molar-refractivity contribution in [3.05, 3.63) is 68.8 Å². The summed E-state index contributed by atoms with van der Waals surface area (Å²) in [5.41, 5.74) is -1.74. The van der Waals surface area contributed by atoms with E-state index in [1.54, 1.807) is 0 Å². The van der Waals surface area contributed by atoms with Crippen molar-refractivity contribution in [1.82, 2.24) is 0 Å². The lowest BCUT2D eigenvalue weighted by molar-refractivity contribution is -0.385. The summed E-state index contributed by atoms with van der Waals surface area (Å²) in [7, 11) is 0. The highest BCUT2D eigenvalue weighted by atomic mass is 16.6. The minimum atomic E-state index is -1.86. The van der Waals surface area contributed by atoms with Crippen molar-refractivity contribution < 1.29 is 29.4 Å². The van der Waals surface area contributed by atoms with E-state index in [1.165, 1.54) is 30.3 Å². The number of nitrogens with one attached hydrogen (secondary N) is 1. The van der Waals surface area contributed by atoms with Crippen LogP contribution in [0.2, 0.25) is 0 Å². The van der Waals surface area contributed by atoms with E-state index in [4.69, 9.17) is 0 Å². The molecular weight excluding hydrogens is 402 g/mol. The third-order valence-electron chi connectivity index (χ3n) is 4.16. The van der Waals surface area contributed by atoms with Crippen molar-refractivity contribution in [2.24, 2.45) is 11.1 Å². The van der Waals surface area contributed by atoms with Crippen LogP contribution in [0.3, 0.4) is 0 Å². The van der Waals surface area contributed by atoms with Crippen molar-refractivity contribution in [3.63, 3.8) is 0 Å². The van der Waals surface area contributed by atoms with Gasteiger partial charge in [-0.15, -0.1) is 0 Å². The molecule has 2 aromatic rings. The van der Waals surface area contributed by atoms with Crippen LogP contribution >= 0.6 is 0 Å². The van der Waals surface area contributed by atoms with Crippen LogP contribution in [0.1, 0.15) is 0 Å². The molecule has 0 saturated carbocycles. The zero-order chi connectivity index (χ0) is 22.0. The summed E-state index contributed by atoms with van der Waals surface area (Å²) in [6, 6.07) is 9.40. The Bertz CT molecular complexity index is 1130. The Labute approximate surface area is 166 Å². The van der Waals surface area contributed by atoms with Crippen LogP contribution in [0.25, 0.3) is 0 Å². The second-order valence-electron chi connectivity index (χ2n) is 5.97. The summed E-state index contributed by atoms with van der Waals surface area (Å²) in [5.74, 6) is -5.17. The quantitative estimate of drug-likeness (QED) is 0.242. The molecule has 3 rings (SSSR count). The number of imide groups is 1. The maximum absolute atomic E-state index is 12.7. The molecule has 0 bridgehead atoms. The first-order chi connectivity index (χ1) is 14.2. The van der Waals surface area contributed by atoms with Crippen LogP contribution < -0.4 is 10.2 Å². The number of amides is 3. The normalized spacial score (nSPS) is 17.3. The summed E-state index contributed by atoms with van der Waals surface area (Å²) in [4.78, 5) is 58.7. The lowest BCUT2D eigenvalue weighted by Crippen LogP contribution is -2.34. The maximum Gasteiger partial charge on any atom is 0.284 e. The number of non-ortho nitro benzene ring substituents is 2. The summed E-state index contributed by atoms with van der Waals surface area (Å²) < 4.78 is 0. The van der Waals surface area contributed by atoms with Gasteiger partial charge in [0.25, 0.3) is 23.2 Å². The summed E-state index contributed by atoms with van der Waals surface area (Å²) in [6.45, 7) is 0. The van der Waals surface area contributed by atoms with Gasteiger partial charge in [0, 0.05) is 30.0 Å². The van der Waals surface area contributed by atoms with Gasteiger partial charge in [-0.1, -0.05) is 17.3 Å². The molecule has 1 heterocycles. The Kier molecular flexibility index (Phi) is 5.18. The minimum absolute atomic E-state index is 0.0273. The first kappa shape index (κ1) is 20.1. The Morgan fingerprint density at radius 2 is 1.63 bits per heavy atom. The fraction of sp³-hybridized carbons (Fsp3) is 0.0588. The molecule has 0 spiro atoms. The Balaban J connectivity index is 1.93. The summed E-state index contributed by atoms with van der Waals surface area (Å²) in [5, 5.41) is 36.0. The zero-order valence-corrected chi connectivity index (χ0v) is 14.8. The van der Waals surface area contributed by atoms with Crippen molar-refractivity contribution in [1.29, 1.82) is 0 Å². The molecule has 1 aliphatic rings. The van der Waals surface area contributed by atoms with Crippen LogP contribution in [0.4, 0.5) is 22.7 Å². The molecule has 13 heteroatoms. The monoisotopic (exact) mass is 413 g/mol. The number of carbonyl (C=O) groups excluding carboxylic acids is 3. The lowest BCUT2D eigenvalue weighted by Gasteiger charge is -2.14. The summed E-state index contributed by atoms with van der Waals surface area (Å²) >= 11 is 0. The van der Waals surface area contributed by atoms with E-state index in [0.29, 0.717) is 4.90 Å². The van der Waals surface area contributed by atoms with Gasteiger partial charge in [0.1, 0.15) is 0 Å². The van der Waals surface area contributed by atoms with E-state index < -0.39 is 44.9 Å². The topological polar surface area (TPSA) is 185 Å². The Morgan fingerprint density at radius 3 is 2.23 bits per heavy atom. The summed E-state index contributed by atoms with van der Waals surface area (Å²) in [6.07, 6.45) is 0. The molecule has 152 valence electrons. The van der Waals surface area contributed by atoms with Crippen LogP contribution in [-0.4, -0.2) is 38.5 Å². The van der Waals surface area contributed by atoms with Crippen LogP contribution in [-0.2, 0) is 14.4 Å². The lowest BCUT2D eigenvalue weighted by atomic mass is 10.1. The zero-order valence-electron chi connectivity index (χ0n) is 14.8. The number of benzene rings is 2. The third kappa shape index (κ3) is 3.54. The standard InChI is InChI=1S/C17H11N5O8/c23-15(18-9-3-1-5-11(7-9)21(27)28)13-14(19-26)17(25)20(16(13)24)10-4-2-6-12(8-10)22(29)30/h1-8,13,26H,(H,18,23)/b19-14-/t13-/m1/s1. The number of oxime groups is 1. The largest absolute Gasteiger partial charge is 0.410 e. The molecule has 0 aromatic heterocycles. The van der Waals surface area contributed by atoms with Crippen LogP contribution in [0.15, 0.2) is 53.7 Å². The molecule has 2 aromatic carbocycles. The number of nitro groups is 2. The van der Waals surface area contributed by atoms with E-state index >= 15 is 0 Å². The highest BCUT2D eigenvalue weighted by Crippen LogP contribution is 2.29. The predicted molar refractivity (Wildman–Crippen MR) is 100 cm³/mol. The van der Waals surface area contributed by atoms with Gasteiger partial charge in [-0.2, -0.15) is 0 Å². The number of anilines is 2. The molecule has 3 amide bonds. The molecule has 1 fully saturated rings. The van der Waals surface area contributed by atoms with Gasteiger partial charge in [-0.3, -0.25) is 34.6 Å². The van der Waals surface area contributed by atoms with Gasteiger partial charge in [-0.05, 0) is 12.1 Å². The predicted octanol–water partition coefficient (Wildman–Crippen LogP) is 1.46. The average Bonchev–Trinajstić information content (AvgIpc) is 2.97. The number of rotatable bonds is 5. The molecule has 0 aliphatic carbocycles. The van der Waals surface area contributed by atoms with Crippen LogP contribution in [0.5, 0.6) is 0 Å². The highest BCUT2D eigenvalue weighted by molar-refractivity contribution is 6.61. The number of hydrogen-bond acceptors (Lipinski definition) is 9. The number of nitrogens with zero attached hydrogens (tertiary/aromatic N) is 4. The number of carbonyl (C=O) groups is 3. The van der Waals surface area contributed by atoms with Gasteiger partial charge in [-0.25, -0.2) is 4.90 Å². The highest BCUT2D eigenvalue weighted by Gasteiger charge is 2.50.